The lowest BCUT2D eigenvalue weighted by atomic mass is 9.68. The smallest absolute Gasteiger partial charge is 0.0731 e. The van der Waals surface area contributed by atoms with Crippen molar-refractivity contribution in [3.05, 3.63) is 407 Å². The quantitative estimate of drug-likeness (QED) is 0.133. The number of benzene rings is 18. The van der Waals surface area contributed by atoms with Crippen molar-refractivity contribution in [2.75, 3.05) is 9.80 Å². The molecular weight excluding hydrogens is 1270 g/mol. The third-order valence-electron chi connectivity index (χ3n) is 24.3. The summed E-state index contributed by atoms with van der Waals surface area (Å²) in [5.41, 5.74) is 31.6. The average molecular weight is 1340 g/mol. The Hall–Kier alpha value is -12.9. The van der Waals surface area contributed by atoms with E-state index in [9.17, 15) is 0 Å². The predicted molar refractivity (Wildman–Crippen MR) is 442 cm³/mol. The average Bonchev–Trinajstić information content (AvgIpc) is 1.50. The Balaban J connectivity index is 0.746. The first-order valence-electron chi connectivity index (χ1n) is 37.3. The van der Waals surface area contributed by atoms with Crippen LogP contribution in [-0.4, -0.2) is 0 Å². The number of aryl methyl sites for hydroxylation is 1. The van der Waals surface area contributed by atoms with E-state index in [1.54, 1.807) is 0 Å². The Bertz CT molecular complexity index is 6640. The van der Waals surface area contributed by atoms with Crippen LogP contribution in [0.2, 0.25) is 0 Å². The van der Waals surface area contributed by atoms with Gasteiger partial charge in [0.25, 0.3) is 0 Å². The lowest BCUT2D eigenvalue weighted by Crippen LogP contribution is -2.26. The Labute approximate surface area is 611 Å². The number of para-hydroxylation sites is 1. The fraction of sp³-hybridized carbons (Fsp3) is 0.0680. The van der Waals surface area contributed by atoms with Crippen molar-refractivity contribution >= 4 is 98.8 Å². The lowest BCUT2D eigenvalue weighted by molar-refractivity contribution is 0.803. The van der Waals surface area contributed by atoms with Gasteiger partial charge in [0.2, 0.25) is 0 Å². The topological polar surface area (TPSA) is 6.48 Å². The molecule has 0 aliphatic heterocycles. The molecule has 0 bridgehead atoms. The second kappa shape index (κ2) is 22.6. The van der Waals surface area contributed by atoms with E-state index in [2.05, 4.69) is 382 Å². The van der Waals surface area contributed by atoms with Crippen LogP contribution in [0.15, 0.2) is 352 Å². The van der Waals surface area contributed by atoms with Crippen LogP contribution in [0, 0.1) is 0 Å². The maximum atomic E-state index is 2.57. The third-order valence-corrected chi connectivity index (χ3v) is 24.3. The van der Waals surface area contributed by atoms with Gasteiger partial charge in [-0.15, -0.1) is 0 Å². The molecule has 0 radical (unpaired) electrons. The second-order valence-corrected chi connectivity index (χ2v) is 29.7. The van der Waals surface area contributed by atoms with Crippen molar-refractivity contribution in [1.29, 1.82) is 0 Å². The number of hydrogen-bond acceptors (Lipinski definition) is 2. The SMILES string of the molecule is CCc1ccc(N(c2cccc(-c3cccc4c5c(c6ccccc6c34)-c3cc4ccc(N(c6ccccc6)c6ccc(C(C)C)cc6)cc4cc3C53c4ccccc4-c4ccccc43)c2)c2ccc3cc4c(cc3c2)C2(c3ccccc3-c3ccccc32)c2c-4c3ccccc3c3ccccc23)cc1. The van der Waals surface area contributed by atoms with Gasteiger partial charge >= 0.3 is 0 Å². The summed E-state index contributed by atoms with van der Waals surface area (Å²) in [6.45, 7) is 6.78. The molecule has 4 aliphatic carbocycles. The highest BCUT2D eigenvalue weighted by molar-refractivity contribution is 6.25. The van der Waals surface area contributed by atoms with Crippen LogP contribution in [-0.2, 0) is 17.3 Å². The molecule has 22 rings (SSSR count). The van der Waals surface area contributed by atoms with Crippen molar-refractivity contribution in [1.82, 2.24) is 0 Å². The first kappa shape index (κ1) is 59.8. The molecule has 0 atom stereocenters. The van der Waals surface area contributed by atoms with Gasteiger partial charge in [-0.2, -0.15) is 0 Å². The minimum atomic E-state index is -0.650. The van der Waals surface area contributed by atoms with Gasteiger partial charge in [0.1, 0.15) is 0 Å². The highest BCUT2D eigenvalue weighted by atomic mass is 15.1. The Morgan fingerprint density at radius 1 is 0.257 bits per heavy atom. The maximum Gasteiger partial charge on any atom is 0.0731 e. The van der Waals surface area contributed by atoms with Crippen LogP contribution in [0.5, 0.6) is 0 Å². The van der Waals surface area contributed by atoms with Crippen molar-refractivity contribution in [2.24, 2.45) is 0 Å². The highest BCUT2D eigenvalue weighted by Gasteiger charge is 2.55. The number of rotatable bonds is 9. The summed E-state index contributed by atoms with van der Waals surface area (Å²) in [5, 5.41) is 15.0. The van der Waals surface area contributed by atoms with E-state index in [-0.39, 0.29) is 0 Å². The summed E-state index contributed by atoms with van der Waals surface area (Å²) in [6, 6.07) is 135. The molecule has 492 valence electrons. The fourth-order valence-corrected chi connectivity index (χ4v) is 19.9. The molecule has 4 aliphatic rings. The molecule has 0 unspecified atom stereocenters. The van der Waals surface area contributed by atoms with Crippen LogP contribution in [0.4, 0.5) is 34.1 Å². The van der Waals surface area contributed by atoms with Gasteiger partial charge < -0.3 is 9.80 Å². The second-order valence-electron chi connectivity index (χ2n) is 29.7. The van der Waals surface area contributed by atoms with Crippen LogP contribution in [0.1, 0.15) is 82.3 Å². The summed E-state index contributed by atoms with van der Waals surface area (Å²) in [7, 11) is 0. The molecule has 0 saturated carbocycles. The van der Waals surface area contributed by atoms with Crippen LogP contribution in [0.3, 0.4) is 0 Å². The summed E-state index contributed by atoms with van der Waals surface area (Å²) in [5.74, 6) is 0.436. The largest absolute Gasteiger partial charge is 0.310 e. The van der Waals surface area contributed by atoms with Gasteiger partial charge in [-0.1, -0.05) is 276 Å². The van der Waals surface area contributed by atoms with E-state index < -0.39 is 10.8 Å². The standard InChI is InChI=1S/C103H70N2/c1-4-64-44-50-72(51-45-64)105(76-55-49-67-59-89-95(61-70(67)58-76)102(91-40-18-14-30-80(91)81-31-15-19-41-92(81)102)100-87-37-13-9-29-79(87)78-28-8-10-34-84(78)98(89)100)74-27-22-24-68(56-74)77-38-23-39-88-97(77)85-35-11-12-36-86(85)99-90-60-66-48-54-75(104(71-25-6-5-7-26-71)73-52-46-65(47-53-73)63(2)3)57-69(66)62-96(90)103(101(88)99)93-42-20-16-32-82(93)83-33-17-21-43-94(83)103/h5-63H,4H2,1-3H3. The van der Waals surface area contributed by atoms with E-state index in [4.69, 9.17) is 0 Å². The van der Waals surface area contributed by atoms with Gasteiger partial charge in [0.05, 0.1) is 10.8 Å². The molecule has 2 nitrogen and oxygen atoms in total. The summed E-state index contributed by atoms with van der Waals surface area (Å²) < 4.78 is 0. The predicted octanol–water partition coefficient (Wildman–Crippen LogP) is 27.6. The Morgan fingerprint density at radius 2 is 0.638 bits per heavy atom. The minimum absolute atomic E-state index is 0.436. The lowest BCUT2D eigenvalue weighted by Gasteiger charge is -2.32. The van der Waals surface area contributed by atoms with Gasteiger partial charge in [-0.3, -0.25) is 0 Å². The first-order chi connectivity index (χ1) is 51.9. The summed E-state index contributed by atoms with van der Waals surface area (Å²) in [6.07, 6.45) is 0.957. The third kappa shape index (κ3) is 8.25. The van der Waals surface area contributed by atoms with Crippen LogP contribution in [0.25, 0.3) is 120 Å². The maximum absolute atomic E-state index is 2.57. The molecule has 0 amide bonds. The molecule has 18 aromatic carbocycles. The molecule has 2 heteroatoms. The van der Waals surface area contributed by atoms with Gasteiger partial charge in [-0.05, 0) is 285 Å². The molecule has 0 N–H and O–H groups in total. The molecule has 0 aromatic heterocycles. The Morgan fingerprint density at radius 3 is 1.17 bits per heavy atom. The van der Waals surface area contributed by atoms with E-state index in [0.717, 1.165) is 46.1 Å². The summed E-state index contributed by atoms with van der Waals surface area (Å²) in [4.78, 5) is 4.91. The number of fused-ring (bicyclic) bond motifs is 32. The number of hydrogen-bond donors (Lipinski definition) is 0. The van der Waals surface area contributed by atoms with Gasteiger partial charge in [0.15, 0.2) is 0 Å². The first-order valence-corrected chi connectivity index (χ1v) is 37.3. The van der Waals surface area contributed by atoms with Crippen molar-refractivity contribution in [2.45, 2.75) is 43.9 Å². The number of nitrogens with zero attached hydrogens (tertiary/aromatic N) is 2. The molecule has 2 spiro atoms. The zero-order valence-electron chi connectivity index (χ0n) is 58.7. The van der Waals surface area contributed by atoms with Crippen LogP contribution < -0.4 is 9.80 Å². The molecular formula is C103H70N2. The van der Waals surface area contributed by atoms with Crippen molar-refractivity contribution in [3.8, 4) is 55.6 Å². The fourth-order valence-electron chi connectivity index (χ4n) is 19.9. The van der Waals surface area contributed by atoms with E-state index in [1.807, 2.05) is 0 Å². The molecule has 0 heterocycles. The zero-order valence-corrected chi connectivity index (χ0v) is 58.7. The monoisotopic (exact) mass is 1330 g/mol. The molecule has 105 heavy (non-hydrogen) atoms. The van der Waals surface area contributed by atoms with Crippen molar-refractivity contribution < 1.29 is 0 Å². The van der Waals surface area contributed by atoms with E-state index >= 15 is 0 Å². The molecule has 0 fully saturated rings. The molecule has 0 saturated heterocycles. The molecule has 18 aromatic rings. The highest BCUT2D eigenvalue weighted by Crippen LogP contribution is 2.68. The summed E-state index contributed by atoms with van der Waals surface area (Å²) >= 11 is 0. The van der Waals surface area contributed by atoms with Gasteiger partial charge in [0, 0.05) is 34.1 Å². The minimum Gasteiger partial charge on any atom is -0.310 e. The van der Waals surface area contributed by atoms with Crippen LogP contribution >= 0.6 is 0 Å². The Kier molecular flexibility index (Phi) is 12.8. The normalized spacial score (nSPS) is 13.6. The number of anilines is 6. The van der Waals surface area contributed by atoms with Gasteiger partial charge in [-0.25, -0.2) is 0 Å². The zero-order chi connectivity index (χ0) is 69.4. The van der Waals surface area contributed by atoms with E-state index in [1.165, 1.54) is 170 Å². The van der Waals surface area contributed by atoms with E-state index in [0.29, 0.717) is 5.92 Å². The van der Waals surface area contributed by atoms with Crippen molar-refractivity contribution in [3.63, 3.8) is 0 Å².